The second-order valence-corrected chi connectivity index (χ2v) is 7.32. The molecule has 9 heteroatoms. The van der Waals surface area contributed by atoms with Crippen molar-refractivity contribution in [3.05, 3.63) is 28.3 Å². The first-order valence-corrected chi connectivity index (χ1v) is 8.55. The Kier molecular flexibility index (Phi) is 4.36. The van der Waals surface area contributed by atoms with E-state index >= 15 is 0 Å². The average molecular weight is 328 g/mol. The molecule has 1 N–H and O–H groups in total. The quantitative estimate of drug-likeness (QED) is 0.653. The highest BCUT2D eigenvalue weighted by Gasteiger charge is 2.29. The molecule has 22 heavy (non-hydrogen) atoms. The Bertz CT molecular complexity index is 715. The average Bonchev–Trinajstić information content (AvgIpc) is 2.45. The van der Waals surface area contributed by atoms with E-state index in [1.807, 2.05) is 0 Å². The summed E-state index contributed by atoms with van der Waals surface area (Å²) in [5, 5.41) is 20.3. The molecule has 0 amide bonds. The van der Waals surface area contributed by atoms with Crippen LogP contribution >= 0.6 is 0 Å². The zero-order valence-corrected chi connectivity index (χ0v) is 12.7. The molecular weight excluding hydrogens is 312 g/mol. The Morgan fingerprint density at radius 3 is 2.68 bits per heavy atom. The minimum atomic E-state index is -3.55. The zero-order chi connectivity index (χ0) is 16.5. The van der Waals surface area contributed by atoms with Crippen molar-refractivity contribution in [3.8, 4) is 0 Å². The van der Waals surface area contributed by atoms with Gasteiger partial charge in [-0.1, -0.05) is 0 Å². The van der Waals surface area contributed by atoms with Gasteiger partial charge in [-0.25, -0.2) is 8.42 Å². The van der Waals surface area contributed by atoms with Gasteiger partial charge in [-0.2, -0.15) is 0 Å². The minimum Gasteiger partial charge on any atom is -0.481 e. The Hall–Kier alpha value is -2.16. The first kappa shape index (κ1) is 16.2. The van der Waals surface area contributed by atoms with Crippen molar-refractivity contribution in [3.63, 3.8) is 0 Å². The van der Waals surface area contributed by atoms with Crippen LogP contribution in [0.25, 0.3) is 0 Å². The number of rotatable bonds is 4. The SMILES string of the molecule is CS(=O)(=O)c1ccc(N2CCCC(C(=O)O)C2)c([N+](=O)[O-])c1. The number of hydrogen-bond acceptors (Lipinski definition) is 6. The van der Waals surface area contributed by atoms with Crippen LogP contribution < -0.4 is 4.90 Å². The predicted molar refractivity (Wildman–Crippen MR) is 78.8 cm³/mol. The van der Waals surface area contributed by atoms with Crippen LogP contribution in [-0.2, 0) is 14.6 Å². The molecule has 0 spiro atoms. The maximum atomic E-state index is 11.5. The number of nitrogens with zero attached hydrogens (tertiary/aromatic N) is 2. The molecule has 1 fully saturated rings. The van der Waals surface area contributed by atoms with Gasteiger partial charge < -0.3 is 10.0 Å². The first-order chi connectivity index (χ1) is 10.2. The number of benzene rings is 1. The number of aliphatic carboxylic acids is 1. The number of nitro groups is 1. The van der Waals surface area contributed by atoms with Crippen LogP contribution in [0.15, 0.2) is 23.1 Å². The highest BCUT2D eigenvalue weighted by atomic mass is 32.2. The van der Waals surface area contributed by atoms with Crippen LogP contribution in [0.5, 0.6) is 0 Å². The van der Waals surface area contributed by atoms with Gasteiger partial charge in [0.1, 0.15) is 5.69 Å². The van der Waals surface area contributed by atoms with Crippen LogP contribution in [0.2, 0.25) is 0 Å². The summed E-state index contributed by atoms with van der Waals surface area (Å²) in [5.41, 5.74) is -0.0719. The largest absolute Gasteiger partial charge is 0.481 e. The Morgan fingerprint density at radius 2 is 2.14 bits per heavy atom. The lowest BCUT2D eigenvalue weighted by Crippen LogP contribution is -2.39. The molecule has 2 rings (SSSR count). The monoisotopic (exact) mass is 328 g/mol. The third-order valence-electron chi connectivity index (χ3n) is 3.68. The number of carboxylic acid groups (broad SMARTS) is 1. The van der Waals surface area contributed by atoms with Gasteiger partial charge in [-0.05, 0) is 25.0 Å². The van der Waals surface area contributed by atoms with Gasteiger partial charge in [0.2, 0.25) is 0 Å². The van der Waals surface area contributed by atoms with E-state index in [9.17, 15) is 23.3 Å². The summed E-state index contributed by atoms with van der Waals surface area (Å²) in [4.78, 5) is 23.2. The fourth-order valence-electron chi connectivity index (χ4n) is 2.55. The number of sulfone groups is 1. The summed E-state index contributed by atoms with van der Waals surface area (Å²) in [7, 11) is -3.55. The van der Waals surface area contributed by atoms with Gasteiger partial charge in [0.05, 0.1) is 15.7 Å². The van der Waals surface area contributed by atoms with Crippen LogP contribution in [0.1, 0.15) is 12.8 Å². The number of carboxylic acids is 1. The molecule has 0 radical (unpaired) electrons. The van der Waals surface area contributed by atoms with Crippen molar-refractivity contribution in [2.45, 2.75) is 17.7 Å². The van der Waals surface area contributed by atoms with E-state index in [0.29, 0.717) is 19.4 Å². The molecule has 1 aromatic rings. The number of hydrogen-bond donors (Lipinski definition) is 1. The Labute approximate surface area is 127 Å². The van der Waals surface area contributed by atoms with Crippen molar-refractivity contribution in [2.24, 2.45) is 5.92 Å². The molecule has 1 aromatic carbocycles. The lowest BCUT2D eigenvalue weighted by atomic mass is 9.97. The molecular formula is C13H16N2O6S. The van der Waals surface area contributed by atoms with Crippen LogP contribution in [0.3, 0.4) is 0 Å². The van der Waals surface area contributed by atoms with Crippen molar-refractivity contribution in [1.82, 2.24) is 0 Å². The molecule has 0 bridgehead atoms. The smallest absolute Gasteiger partial charge is 0.308 e. The van der Waals surface area contributed by atoms with Gasteiger partial charge in [0.25, 0.3) is 5.69 Å². The van der Waals surface area contributed by atoms with Crippen molar-refractivity contribution >= 4 is 27.2 Å². The third-order valence-corrected chi connectivity index (χ3v) is 4.79. The molecule has 1 aliphatic rings. The van der Waals surface area contributed by atoms with Gasteiger partial charge in [0.15, 0.2) is 9.84 Å². The topological polar surface area (TPSA) is 118 Å². The number of piperidine rings is 1. The highest BCUT2D eigenvalue weighted by Crippen LogP contribution is 2.33. The second-order valence-electron chi connectivity index (χ2n) is 5.30. The maximum Gasteiger partial charge on any atom is 0.308 e. The summed E-state index contributed by atoms with van der Waals surface area (Å²) in [5.74, 6) is -1.51. The molecule has 1 heterocycles. The lowest BCUT2D eigenvalue weighted by Gasteiger charge is -2.32. The predicted octanol–water partition coefficient (Wildman–Crippen LogP) is 1.30. The standard InChI is InChI=1S/C13H16N2O6S/c1-22(20,21)10-4-5-11(12(7-10)15(18)19)14-6-2-3-9(8-14)13(16)17/h4-5,7,9H,2-3,6,8H2,1H3,(H,16,17). The fourth-order valence-corrected chi connectivity index (χ4v) is 3.19. The number of anilines is 1. The first-order valence-electron chi connectivity index (χ1n) is 6.66. The number of nitro benzene ring substituents is 1. The van der Waals surface area contributed by atoms with Crippen LogP contribution in [0.4, 0.5) is 11.4 Å². The van der Waals surface area contributed by atoms with Crippen molar-refractivity contribution in [2.75, 3.05) is 24.2 Å². The number of carbonyl (C=O) groups is 1. The summed E-state index contributed by atoms with van der Waals surface area (Å²) in [6.07, 6.45) is 2.12. The molecule has 0 aliphatic carbocycles. The van der Waals surface area contributed by atoms with E-state index in [0.717, 1.165) is 12.3 Å². The van der Waals surface area contributed by atoms with E-state index in [1.165, 1.54) is 12.1 Å². The molecule has 1 unspecified atom stereocenters. The van der Waals surface area contributed by atoms with Gasteiger partial charge >= 0.3 is 5.97 Å². The molecule has 120 valence electrons. The van der Waals surface area contributed by atoms with E-state index < -0.39 is 26.6 Å². The highest BCUT2D eigenvalue weighted by molar-refractivity contribution is 7.90. The van der Waals surface area contributed by atoms with E-state index in [2.05, 4.69) is 0 Å². The van der Waals surface area contributed by atoms with E-state index in [-0.39, 0.29) is 22.8 Å². The lowest BCUT2D eigenvalue weighted by molar-refractivity contribution is -0.384. The van der Waals surface area contributed by atoms with Gasteiger partial charge in [-0.3, -0.25) is 14.9 Å². The summed E-state index contributed by atoms with van der Waals surface area (Å²) in [6, 6.07) is 3.70. The molecule has 0 aromatic heterocycles. The molecule has 8 nitrogen and oxygen atoms in total. The third kappa shape index (κ3) is 3.35. The van der Waals surface area contributed by atoms with Crippen LogP contribution in [-0.4, -0.2) is 43.8 Å². The molecule has 1 aliphatic heterocycles. The zero-order valence-electron chi connectivity index (χ0n) is 11.9. The molecule has 0 saturated carbocycles. The maximum absolute atomic E-state index is 11.5. The summed E-state index contributed by atoms with van der Waals surface area (Å²) >= 11 is 0. The van der Waals surface area contributed by atoms with Gasteiger partial charge in [-0.15, -0.1) is 0 Å². The summed E-state index contributed by atoms with van der Waals surface area (Å²) in [6.45, 7) is 0.678. The van der Waals surface area contributed by atoms with Crippen molar-refractivity contribution < 1.29 is 23.2 Å². The second kappa shape index (κ2) is 5.91. The minimum absolute atomic E-state index is 0.130. The fraction of sp³-hybridized carbons (Fsp3) is 0.462. The molecule has 1 atom stereocenters. The van der Waals surface area contributed by atoms with Gasteiger partial charge in [0, 0.05) is 25.4 Å². The van der Waals surface area contributed by atoms with Crippen LogP contribution in [0, 0.1) is 16.0 Å². The summed E-state index contributed by atoms with van der Waals surface area (Å²) < 4.78 is 23.0. The Balaban J connectivity index is 2.42. The van der Waals surface area contributed by atoms with E-state index in [4.69, 9.17) is 5.11 Å². The van der Waals surface area contributed by atoms with Crippen molar-refractivity contribution in [1.29, 1.82) is 0 Å². The normalized spacial score (nSPS) is 19.0. The Morgan fingerprint density at radius 1 is 1.45 bits per heavy atom. The molecule has 1 saturated heterocycles. The van der Waals surface area contributed by atoms with E-state index in [1.54, 1.807) is 4.90 Å².